The topological polar surface area (TPSA) is 58.2 Å². The molecule has 30 heavy (non-hydrogen) atoms. The fourth-order valence-corrected chi connectivity index (χ4v) is 2.61. The summed E-state index contributed by atoms with van der Waals surface area (Å²) in [5.41, 5.74) is -1.71. The molecule has 0 saturated heterocycles. The molecule has 162 valence electrons. The van der Waals surface area contributed by atoms with Crippen molar-refractivity contribution in [3.63, 3.8) is 0 Å². The van der Waals surface area contributed by atoms with Crippen molar-refractivity contribution in [1.29, 1.82) is 0 Å². The lowest BCUT2D eigenvalue weighted by atomic mass is 10.1. The molecule has 0 aliphatic rings. The van der Waals surface area contributed by atoms with E-state index in [1.807, 2.05) is 10.6 Å². The Labute approximate surface area is 168 Å². The van der Waals surface area contributed by atoms with Gasteiger partial charge in [0.1, 0.15) is 23.0 Å². The van der Waals surface area contributed by atoms with Gasteiger partial charge in [-0.15, -0.1) is 0 Å². The van der Waals surface area contributed by atoms with Crippen LogP contribution in [0, 0.1) is 34.9 Å². The van der Waals surface area contributed by atoms with E-state index in [1.165, 1.54) is 0 Å². The summed E-state index contributed by atoms with van der Waals surface area (Å²) in [6.45, 7) is 0. The number of unbranched alkanes of at least 4 members (excludes halogenated alkanes) is 3. The summed E-state index contributed by atoms with van der Waals surface area (Å²) in [5.74, 6) is -9.15. The van der Waals surface area contributed by atoms with Crippen molar-refractivity contribution in [1.82, 2.24) is 0 Å². The number of rotatable bonds is 9. The van der Waals surface area contributed by atoms with E-state index in [9.17, 15) is 35.9 Å². The molecule has 0 spiro atoms. The third-order valence-corrected chi connectivity index (χ3v) is 4.17. The smallest absolute Gasteiger partial charge is 0.224 e. The van der Waals surface area contributed by atoms with Gasteiger partial charge >= 0.3 is 0 Å². The van der Waals surface area contributed by atoms with Crippen molar-refractivity contribution in [3.8, 4) is 0 Å². The van der Waals surface area contributed by atoms with Crippen LogP contribution < -0.4 is 10.6 Å². The maximum atomic E-state index is 13.5. The Morgan fingerprint density at radius 3 is 1.27 bits per heavy atom. The second-order valence-corrected chi connectivity index (χ2v) is 6.45. The minimum Gasteiger partial charge on any atom is -0.321 e. The van der Waals surface area contributed by atoms with Crippen molar-refractivity contribution in [3.05, 3.63) is 59.2 Å². The maximum Gasteiger partial charge on any atom is 0.224 e. The zero-order valence-electron chi connectivity index (χ0n) is 15.6. The first kappa shape index (κ1) is 23.2. The van der Waals surface area contributed by atoms with E-state index in [2.05, 4.69) is 0 Å². The van der Waals surface area contributed by atoms with Gasteiger partial charge in [0.15, 0.2) is 23.3 Å². The molecule has 0 radical (unpaired) electrons. The standard InChI is InChI=1S/C20H18F6N2O2/c21-11-7-9-13(23)19(17(11)25)27-15(29)5-3-1-2-4-6-16(30)28-20-14(24)10-8-12(22)18(20)26/h7-10H,1-6H2,(H,27,29)(H,28,30). The van der Waals surface area contributed by atoms with Crippen LogP contribution in [0.2, 0.25) is 0 Å². The van der Waals surface area contributed by atoms with Gasteiger partial charge in [0, 0.05) is 12.8 Å². The van der Waals surface area contributed by atoms with E-state index in [-0.39, 0.29) is 12.8 Å². The van der Waals surface area contributed by atoms with Crippen LogP contribution in [0.5, 0.6) is 0 Å². The summed E-state index contributed by atoms with van der Waals surface area (Å²) in [7, 11) is 0. The van der Waals surface area contributed by atoms with Gasteiger partial charge in [-0.05, 0) is 37.1 Å². The fraction of sp³-hybridized carbons (Fsp3) is 0.300. The lowest BCUT2D eigenvalue weighted by Gasteiger charge is -2.09. The van der Waals surface area contributed by atoms with E-state index in [1.54, 1.807) is 0 Å². The summed E-state index contributed by atoms with van der Waals surface area (Å²) in [6, 6.07) is 2.60. The molecule has 4 nitrogen and oxygen atoms in total. The second kappa shape index (κ2) is 10.7. The van der Waals surface area contributed by atoms with Gasteiger partial charge in [-0.3, -0.25) is 9.59 Å². The number of nitrogens with one attached hydrogen (secondary N) is 2. The minimum atomic E-state index is -1.49. The molecule has 0 fully saturated rings. The molecule has 2 amide bonds. The lowest BCUT2D eigenvalue weighted by molar-refractivity contribution is -0.117. The Morgan fingerprint density at radius 2 is 0.900 bits per heavy atom. The van der Waals surface area contributed by atoms with Crippen molar-refractivity contribution >= 4 is 23.2 Å². The normalized spacial score (nSPS) is 10.7. The number of hydrogen-bond acceptors (Lipinski definition) is 2. The Kier molecular flexibility index (Phi) is 8.25. The van der Waals surface area contributed by atoms with Crippen LogP contribution in [0.15, 0.2) is 24.3 Å². The molecular formula is C20H18F6N2O2. The Bertz CT molecular complexity index is 860. The van der Waals surface area contributed by atoms with Crippen molar-refractivity contribution in [2.24, 2.45) is 0 Å². The SMILES string of the molecule is O=C(CCCCCCC(=O)Nc1c(F)ccc(F)c1F)Nc1c(F)ccc(F)c1F. The molecule has 0 aliphatic carbocycles. The average molecular weight is 432 g/mol. The zero-order chi connectivity index (χ0) is 22.3. The van der Waals surface area contributed by atoms with Crippen molar-refractivity contribution in [2.75, 3.05) is 10.6 Å². The minimum absolute atomic E-state index is 0.0820. The van der Waals surface area contributed by atoms with Gasteiger partial charge in [0.2, 0.25) is 11.8 Å². The number of amides is 2. The maximum absolute atomic E-state index is 13.5. The molecule has 0 heterocycles. The Hall–Kier alpha value is -3.04. The molecule has 2 aromatic rings. The summed E-state index contributed by atoms with van der Waals surface area (Å²) in [4.78, 5) is 23.5. The van der Waals surface area contributed by atoms with Crippen LogP contribution in [0.25, 0.3) is 0 Å². The number of carbonyl (C=O) groups is 2. The molecule has 0 bridgehead atoms. The molecule has 2 N–H and O–H groups in total. The van der Waals surface area contributed by atoms with E-state index in [0.29, 0.717) is 49.9 Å². The number of halogens is 6. The van der Waals surface area contributed by atoms with Crippen LogP contribution in [-0.2, 0) is 9.59 Å². The van der Waals surface area contributed by atoms with Gasteiger partial charge in [-0.25, -0.2) is 26.3 Å². The van der Waals surface area contributed by atoms with Gasteiger partial charge in [-0.2, -0.15) is 0 Å². The van der Waals surface area contributed by atoms with Crippen LogP contribution in [0.4, 0.5) is 37.7 Å². The van der Waals surface area contributed by atoms with Gasteiger partial charge in [0.25, 0.3) is 0 Å². The molecular weight excluding hydrogens is 414 g/mol. The predicted octanol–water partition coefficient (Wildman–Crippen LogP) is 5.44. The molecule has 2 rings (SSSR count). The van der Waals surface area contributed by atoms with Gasteiger partial charge in [-0.1, -0.05) is 12.8 Å². The highest BCUT2D eigenvalue weighted by atomic mass is 19.2. The summed E-state index contributed by atoms with van der Waals surface area (Å²) >= 11 is 0. The molecule has 0 atom stereocenters. The molecule has 0 unspecified atom stereocenters. The highest BCUT2D eigenvalue weighted by Crippen LogP contribution is 2.23. The molecule has 2 aromatic carbocycles. The molecule has 10 heteroatoms. The summed E-state index contributed by atoms with van der Waals surface area (Å²) in [5, 5.41) is 3.95. The first-order valence-electron chi connectivity index (χ1n) is 9.07. The molecule has 0 saturated carbocycles. The van der Waals surface area contributed by atoms with Crippen molar-refractivity contribution in [2.45, 2.75) is 38.5 Å². The number of benzene rings is 2. The second-order valence-electron chi connectivity index (χ2n) is 6.45. The molecule has 0 aliphatic heterocycles. The van der Waals surface area contributed by atoms with E-state index >= 15 is 0 Å². The third kappa shape index (κ3) is 6.23. The lowest BCUT2D eigenvalue weighted by Crippen LogP contribution is -2.15. The number of carbonyl (C=O) groups excluding carboxylic acids is 2. The zero-order valence-corrected chi connectivity index (χ0v) is 15.6. The highest BCUT2D eigenvalue weighted by Gasteiger charge is 2.17. The van der Waals surface area contributed by atoms with Crippen molar-refractivity contribution < 1.29 is 35.9 Å². The van der Waals surface area contributed by atoms with E-state index < -0.39 is 58.1 Å². The highest BCUT2D eigenvalue weighted by molar-refractivity contribution is 5.91. The number of hydrogen-bond donors (Lipinski definition) is 2. The molecule has 0 aromatic heterocycles. The predicted molar refractivity (Wildman–Crippen MR) is 97.6 cm³/mol. The fourth-order valence-electron chi connectivity index (χ4n) is 2.61. The van der Waals surface area contributed by atoms with Gasteiger partial charge < -0.3 is 10.6 Å². The van der Waals surface area contributed by atoms with E-state index in [0.717, 1.165) is 0 Å². The van der Waals surface area contributed by atoms with Crippen LogP contribution in [-0.4, -0.2) is 11.8 Å². The first-order valence-corrected chi connectivity index (χ1v) is 9.07. The van der Waals surface area contributed by atoms with Crippen LogP contribution in [0.3, 0.4) is 0 Å². The van der Waals surface area contributed by atoms with Gasteiger partial charge in [0.05, 0.1) is 0 Å². The largest absolute Gasteiger partial charge is 0.321 e. The third-order valence-electron chi connectivity index (χ3n) is 4.17. The number of anilines is 2. The summed E-state index contributed by atoms with van der Waals surface area (Å²) in [6.07, 6.45) is 1.47. The van der Waals surface area contributed by atoms with Crippen LogP contribution in [0.1, 0.15) is 38.5 Å². The van der Waals surface area contributed by atoms with Crippen LogP contribution >= 0.6 is 0 Å². The summed E-state index contributed by atoms with van der Waals surface area (Å²) < 4.78 is 80.0. The quantitative estimate of drug-likeness (QED) is 0.315. The first-order chi connectivity index (χ1) is 14.2. The van der Waals surface area contributed by atoms with E-state index in [4.69, 9.17) is 0 Å². The Balaban J connectivity index is 1.68. The monoisotopic (exact) mass is 432 g/mol. The Morgan fingerprint density at radius 1 is 0.567 bits per heavy atom. The average Bonchev–Trinajstić information content (AvgIpc) is 2.71.